The van der Waals surface area contributed by atoms with Crippen molar-refractivity contribution in [2.24, 2.45) is 5.92 Å². The lowest BCUT2D eigenvalue weighted by Crippen LogP contribution is -2.40. The predicted octanol–water partition coefficient (Wildman–Crippen LogP) is 2.43. The first-order valence-electron chi connectivity index (χ1n) is 8.22. The molecule has 1 aromatic rings. The van der Waals surface area contributed by atoms with Crippen LogP contribution >= 0.6 is 0 Å². The number of rotatable bonds is 4. The minimum atomic E-state index is 0.461. The van der Waals surface area contributed by atoms with Crippen molar-refractivity contribution in [2.75, 3.05) is 19.6 Å². The van der Waals surface area contributed by atoms with Gasteiger partial charge in [-0.25, -0.2) is 0 Å². The summed E-state index contributed by atoms with van der Waals surface area (Å²) in [4.78, 5) is 2.57. The molecule has 4 heteroatoms. The van der Waals surface area contributed by atoms with Crippen LogP contribution < -0.4 is 5.32 Å². The third-order valence-corrected chi connectivity index (χ3v) is 4.88. The maximum absolute atomic E-state index is 4.66. The number of hydrogen-bond acceptors (Lipinski definition) is 3. The third-order valence-electron chi connectivity index (χ3n) is 4.88. The average Bonchev–Trinajstić information content (AvgIpc) is 3.10. The molecule has 1 unspecified atom stereocenters. The Hall–Kier alpha value is -0.870. The van der Waals surface area contributed by atoms with Crippen molar-refractivity contribution in [1.82, 2.24) is 20.0 Å². The molecule has 1 aromatic heterocycles. The maximum Gasteiger partial charge on any atom is 0.0764 e. The second-order valence-electron chi connectivity index (χ2n) is 6.70. The van der Waals surface area contributed by atoms with E-state index in [1.54, 1.807) is 0 Å². The van der Waals surface area contributed by atoms with Crippen LogP contribution in [0.25, 0.3) is 0 Å². The fraction of sp³-hybridized carbons (Fsp3) is 0.812. The van der Waals surface area contributed by atoms with Gasteiger partial charge in [0.05, 0.1) is 5.69 Å². The summed E-state index contributed by atoms with van der Waals surface area (Å²) in [6.07, 6.45) is 7.57. The van der Waals surface area contributed by atoms with E-state index in [1.807, 2.05) is 0 Å². The molecule has 112 valence electrons. The van der Waals surface area contributed by atoms with E-state index in [0.717, 1.165) is 18.5 Å². The lowest BCUT2D eigenvalue weighted by molar-refractivity contribution is 0.155. The zero-order chi connectivity index (χ0) is 13.9. The van der Waals surface area contributed by atoms with Gasteiger partial charge in [-0.2, -0.15) is 5.10 Å². The van der Waals surface area contributed by atoms with Gasteiger partial charge >= 0.3 is 0 Å². The van der Waals surface area contributed by atoms with Crippen molar-refractivity contribution in [3.63, 3.8) is 0 Å². The molecule has 0 aromatic carbocycles. The molecule has 1 N–H and O–H groups in total. The largest absolute Gasteiger partial charge is 0.314 e. The summed E-state index contributed by atoms with van der Waals surface area (Å²) in [5.41, 5.74) is 1.22. The second kappa shape index (κ2) is 6.27. The van der Waals surface area contributed by atoms with Gasteiger partial charge in [0.1, 0.15) is 0 Å². The minimum Gasteiger partial charge on any atom is -0.314 e. The van der Waals surface area contributed by atoms with Gasteiger partial charge in [-0.15, -0.1) is 0 Å². The normalized spacial score (nSPS) is 25.6. The molecule has 0 aliphatic carbocycles. The molecule has 3 heterocycles. The second-order valence-corrected chi connectivity index (χ2v) is 6.70. The van der Waals surface area contributed by atoms with E-state index in [2.05, 4.69) is 46.1 Å². The zero-order valence-corrected chi connectivity index (χ0v) is 12.9. The summed E-state index contributed by atoms with van der Waals surface area (Å²) in [5.74, 6) is 0.905. The molecule has 0 bridgehead atoms. The van der Waals surface area contributed by atoms with Crippen LogP contribution in [0, 0.1) is 5.92 Å². The topological polar surface area (TPSA) is 33.1 Å². The number of nitrogens with one attached hydrogen (secondary N) is 1. The van der Waals surface area contributed by atoms with Gasteiger partial charge < -0.3 is 5.32 Å². The Morgan fingerprint density at radius 3 is 2.70 bits per heavy atom. The number of hydrogen-bond donors (Lipinski definition) is 1. The minimum absolute atomic E-state index is 0.461. The first-order valence-corrected chi connectivity index (χ1v) is 8.22. The smallest absolute Gasteiger partial charge is 0.0764 e. The fourth-order valence-electron chi connectivity index (χ4n) is 3.61. The highest BCUT2D eigenvalue weighted by Gasteiger charge is 2.28. The van der Waals surface area contributed by atoms with Gasteiger partial charge in [0.2, 0.25) is 0 Å². The van der Waals surface area contributed by atoms with Crippen molar-refractivity contribution in [1.29, 1.82) is 0 Å². The molecule has 0 spiro atoms. The molecule has 1 atom stereocenters. The van der Waals surface area contributed by atoms with E-state index in [9.17, 15) is 0 Å². The van der Waals surface area contributed by atoms with E-state index in [-0.39, 0.29) is 0 Å². The number of aromatic nitrogens is 2. The Kier molecular flexibility index (Phi) is 4.41. The number of likely N-dealkylation sites (tertiary alicyclic amines) is 1. The molecule has 4 nitrogen and oxygen atoms in total. The van der Waals surface area contributed by atoms with Gasteiger partial charge in [-0.1, -0.05) is 0 Å². The SMILES string of the molecule is CC(C)n1ccc(CN2CCC(C3CCCN3)CC2)n1. The monoisotopic (exact) mass is 276 g/mol. The van der Waals surface area contributed by atoms with Crippen LogP contribution in [0.1, 0.15) is 51.3 Å². The molecule has 0 saturated carbocycles. The van der Waals surface area contributed by atoms with Crippen LogP contribution in [-0.2, 0) is 6.54 Å². The molecule has 3 rings (SSSR count). The quantitative estimate of drug-likeness (QED) is 0.917. The Balaban J connectivity index is 1.48. The van der Waals surface area contributed by atoms with E-state index in [0.29, 0.717) is 6.04 Å². The van der Waals surface area contributed by atoms with Crippen molar-refractivity contribution in [2.45, 2.75) is 58.2 Å². The van der Waals surface area contributed by atoms with Crippen LogP contribution in [0.5, 0.6) is 0 Å². The summed E-state index contributed by atoms with van der Waals surface area (Å²) in [6.45, 7) is 9.07. The van der Waals surface area contributed by atoms with Crippen molar-refractivity contribution >= 4 is 0 Å². The summed E-state index contributed by atoms with van der Waals surface area (Å²) in [7, 11) is 0. The highest BCUT2D eigenvalue weighted by Crippen LogP contribution is 2.26. The molecular weight excluding hydrogens is 248 g/mol. The molecule has 2 fully saturated rings. The van der Waals surface area contributed by atoms with E-state index in [4.69, 9.17) is 0 Å². The van der Waals surface area contributed by atoms with Crippen molar-refractivity contribution < 1.29 is 0 Å². The Morgan fingerprint density at radius 1 is 1.30 bits per heavy atom. The lowest BCUT2D eigenvalue weighted by Gasteiger charge is -2.34. The highest BCUT2D eigenvalue weighted by atomic mass is 15.3. The van der Waals surface area contributed by atoms with Crippen molar-refractivity contribution in [3.8, 4) is 0 Å². The van der Waals surface area contributed by atoms with Gasteiger partial charge in [0.15, 0.2) is 0 Å². The standard InChI is InChI=1S/C16H28N4/c1-13(2)20-11-7-15(18-20)12-19-9-5-14(6-10-19)16-4-3-8-17-16/h7,11,13-14,16-17H,3-6,8-10,12H2,1-2H3. The zero-order valence-electron chi connectivity index (χ0n) is 12.9. The first-order chi connectivity index (χ1) is 9.72. The van der Waals surface area contributed by atoms with Crippen LogP contribution in [0.3, 0.4) is 0 Å². The molecule has 0 radical (unpaired) electrons. The lowest BCUT2D eigenvalue weighted by atomic mass is 9.88. The van der Waals surface area contributed by atoms with Crippen LogP contribution in [0.2, 0.25) is 0 Å². The van der Waals surface area contributed by atoms with Gasteiger partial charge in [-0.3, -0.25) is 9.58 Å². The Morgan fingerprint density at radius 2 is 2.10 bits per heavy atom. The van der Waals surface area contributed by atoms with Crippen LogP contribution in [0.15, 0.2) is 12.3 Å². The summed E-state index contributed by atoms with van der Waals surface area (Å²) in [6, 6.07) is 3.44. The first kappa shape index (κ1) is 14.1. The van der Waals surface area contributed by atoms with E-state index < -0.39 is 0 Å². The average molecular weight is 276 g/mol. The van der Waals surface area contributed by atoms with E-state index >= 15 is 0 Å². The molecule has 2 aliphatic heterocycles. The van der Waals surface area contributed by atoms with Gasteiger partial charge in [0, 0.05) is 24.8 Å². The van der Waals surface area contributed by atoms with Gasteiger partial charge in [0.25, 0.3) is 0 Å². The molecule has 2 saturated heterocycles. The van der Waals surface area contributed by atoms with Crippen LogP contribution in [-0.4, -0.2) is 40.4 Å². The Bertz CT molecular complexity index is 412. The van der Waals surface area contributed by atoms with E-state index in [1.165, 1.54) is 51.0 Å². The maximum atomic E-state index is 4.66. The molecular formula is C16H28N4. The van der Waals surface area contributed by atoms with Gasteiger partial charge in [-0.05, 0) is 71.1 Å². The summed E-state index contributed by atoms with van der Waals surface area (Å²) < 4.78 is 2.06. The number of piperidine rings is 1. The fourth-order valence-corrected chi connectivity index (χ4v) is 3.61. The predicted molar refractivity (Wildman–Crippen MR) is 81.6 cm³/mol. The highest BCUT2D eigenvalue weighted by molar-refractivity contribution is 5.00. The molecule has 2 aliphatic rings. The number of nitrogens with zero attached hydrogens (tertiary/aromatic N) is 3. The van der Waals surface area contributed by atoms with Crippen LogP contribution in [0.4, 0.5) is 0 Å². The molecule has 20 heavy (non-hydrogen) atoms. The molecule has 0 amide bonds. The Labute approximate surface area is 122 Å². The summed E-state index contributed by atoms with van der Waals surface area (Å²) in [5, 5.41) is 8.34. The summed E-state index contributed by atoms with van der Waals surface area (Å²) >= 11 is 0. The van der Waals surface area contributed by atoms with Crippen molar-refractivity contribution in [3.05, 3.63) is 18.0 Å². The third kappa shape index (κ3) is 3.23.